The molecule has 0 bridgehead atoms. The SMILES string of the molecule is COc1nc(C)c(C(C)=O)cc1NC(=S)Oc1ccccc1. The zero-order valence-corrected chi connectivity index (χ0v) is 13.4. The summed E-state index contributed by atoms with van der Waals surface area (Å²) in [7, 11) is 1.50. The van der Waals surface area contributed by atoms with Crippen LogP contribution in [-0.2, 0) is 0 Å². The lowest BCUT2D eigenvalue weighted by molar-refractivity contribution is 0.101. The number of nitrogens with one attached hydrogen (secondary N) is 1. The maximum absolute atomic E-state index is 11.6. The molecule has 1 heterocycles. The number of ketones is 1. The Labute approximate surface area is 134 Å². The van der Waals surface area contributed by atoms with Crippen molar-refractivity contribution >= 4 is 28.9 Å². The summed E-state index contributed by atoms with van der Waals surface area (Å²) in [4.78, 5) is 15.9. The minimum atomic E-state index is -0.0781. The molecule has 1 N–H and O–H groups in total. The number of para-hydroxylation sites is 1. The number of carbonyl (C=O) groups excluding carboxylic acids is 1. The van der Waals surface area contributed by atoms with Gasteiger partial charge in [0.25, 0.3) is 5.17 Å². The highest BCUT2D eigenvalue weighted by Gasteiger charge is 2.14. The van der Waals surface area contributed by atoms with Crippen molar-refractivity contribution < 1.29 is 14.3 Å². The first-order valence-corrected chi connectivity index (χ1v) is 7.02. The Hall–Kier alpha value is -2.47. The summed E-state index contributed by atoms with van der Waals surface area (Å²) in [6.45, 7) is 3.24. The quantitative estimate of drug-likeness (QED) is 0.689. The fraction of sp³-hybridized carbons (Fsp3) is 0.188. The van der Waals surface area contributed by atoms with Crippen molar-refractivity contribution in [1.29, 1.82) is 0 Å². The van der Waals surface area contributed by atoms with Gasteiger partial charge in [-0.1, -0.05) is 18.2 Å². The molecular formula is C16H16N2O3S. The molecule has 1 aromatic heterocycles. The van der Waals surface area contributed by atoms with Gasteiger partial charge in [0.2, 0.25) is 5.88 Å². The van der Waals surface area contributed by atoms with Crippen LogP contribution in [0.15, 0.2) is 36.4 Å². The number of nitrogens with zero attached hydrogens (tertiary/aromatic N) is 1. The molecule has 6 heteroatoms. The van der Waals surface area contributed by atoms with Crippen molar-refractivity contribution in [2.75, 3.05) is 12.4 Å². The Morgan fingerprint density at radius 2 is 1.95 bits per heavy atom. The van der Waals surface area contributed by atoms with E-state index in [1.807, 2.05) is 18.2 Å². The van der Waals surface area contributed by atoms with Crippen molar-refractivity contribution in [1.82, 2.24) is 4.98 Å². The van der Waals surface area contributed by atoms with Crippen LogP contribution in [0.4, 0.5) is 5.69 Å². The Kier molecular flexibility index (Phi) is 5.06. The minimum Gasteiger partial charge on any atom is -0.480 e. The Balaban J connectivity index is 2.22. The largest absolute Gasteiger partial charge is 0.480 e. The van der Waals surface area contributed by atoms with E-state index in [9.17, 15) is 4.79 Å². The van der Waals surface area contributed by atoms with Crippen LogP contribution in [-0.4, -0.2) is 23.1 Å². The number of hydrogen-bond acceptors (Lipinski definition) is 5. The Bertz CT molecular complexity index is 702. The second-order valence-corrected chi connectivity index (χ2v) is 4.93. The van der Waals surface area contributed by atoms with Gasteiger partial charge >= 0.3 is 0 Å². The van der Waals surface area contributed by atoms with Gasteiger partial charge in [0.05, 0.1) is 12.8 Å². The molecule has 0 fully saturated rings. The van der Waals surface area contributed by atoms with Gasteiger partial charge in [-0.25, -0.2) is 4.98 Å². The van der Waals surface area contributed by atoms with Crippen molar-refractivity contribution in [2.45, 2.75) is 13.8 Å². The number of thiocarbonyl (C=S) groups is 1. The lowest BCUT2D eigenvalue weighted by Gasteiger charge is -2.14. The topological polar surface area (TPSA) is 60.5 Å². The molecule has 114 valence electrons. The van der Waals surface area contributed by atoms with Crippen LogP contribution in [0, 0.1) is 6.92 Å². The van der Waals surface area contributed by atoms with E-state index in [1.165, 1.54) is 14.0 Å². The number of Topliss-reactive ketones (excluding diaryl/α,β-unsaturated/α-hetero) is 1. The number of hydrogen-bond donors (Lipinski definition) is 1. The second kappa shape index (κ2) is 7.00. The first kappa shape index (κ1) is 15.9. The van der Waals surface area contributed by atoms with Crippen LogP contribution in [0.2, 0.25) is 0 Å². The third-order valence-corrected chi connectivity index (χ3v) is 3.13. The Morgan fingerprint density at radius 3 is 2.55 bits per heavy atom. The number of methoxy groups -OCH3 is 1. The van der Waals surface area contributed by atoms with Gasteiger partial charge < -0.3 is 14.8 Å². The zero-order valence-electron chi connectivity index (χ0n) is 12.5. The predicted molar refractivity (Wildman–Crippen MR) is 88.8 cm³/mol. The fourth-order valence-electron chi connectivity index (χ4n) is 1.92. The summed E-state index contributed by atoms with van der Waals surface area (Å²) in [6.07, 6.45) is 0. The van der Waals surface area contributed by atoms with E-state index >= 15 is 0 Å². The van der Waals surface area contributed by atoms with E-state index in [4.69, 9.17) is 21.7 Å². The van der Waals surface area contributed by atoms with E-state index in [2.05, 4.69) is 10.3 Å². The van der Waals surface area contributed by atoms with Crippen molar-refractivity contribution in [3.63, 3.8) is 0 Å². The molecule has 5 nitrogen and oxygen atoms in total. The van der Waals surface area contributed by atoms with Gasteiger partial charge in [0, 0.05) is 5.56 Å². The molecule has 2 rings (SSSR count). The average Bonchev–Trinajstić information content (AvgIpc) is 2.49. The standard InChI is InChI=1S/C16H16N2O3S/c1-10-13(11(2)19)9-14(15(17-10)20-3)18-16(22)21-12-7-5-4-6-8-12/h4-9H,1-3H3,(H,18,22). The third kappa shape index (κ3) is 3.79. The number of carbonyl (C=O) groups is 1. The molecule has 0 saturated heterocycles. The van der Waals surface area contributed by atoms with Gasteiger partial charge in [-0.15, -0.1) is 0 Å². The number of anilines is 1. The molecule has 0 saturated carbocycles. The van der Waals surface area contributed by atoms with Crippen LogP contribution in [0.5, 0.6) is 11.6 Å². The van der Waals surface area contributed by atoms with E-state index in [1.54, 1.807) is 25.1 Å². The number of rotatable bonds is 4. The first-order valence-electron chi connectivity index (χ1n) is 6.61. The third-order valence-electron chi connectivity index (χ3n) is 2.94. The maximum atomic E-state index is 11.6. The van der Waals surface area contributed by atoms with Gasteiger partial charge in [-0.3, -0.25) is 4.79 Å². The van der Waals surface area contributed by atoms with Gasteiger partial charge in [-0.2, -0.15) is 0 Å². The fourth-order valence-corrected chi connectivity index (χ4v) is 2.12. The lowest BCUT2D eigenvalue weighted by Crippen LogP contribution is -2.18. The number of aryl methyl sites for hydroxylation is 1. The first-order chi connectivity index (χ1) is 10.5. The summed E-state index contributed by atoms with van der Waals surface area (Å²) < 4.78 is 10.7. The van der Waals surface area contributed by atoms with E-state index in [-0.39, 0.29) is 11.0 Å². The molecule has 0 amide bonds. The molecule has 0 spiro atoms. The Morgan fingerprint density at radius 1 is 1.27 bits per heavy atom. The molecule has 0 atom stereocenters. The summed E-state index contributed by atoms with van der Waals surface area (Å²) in [6, 6.07) is 10.8. The van der Waals surface area contributed by atoms with E-state index in [0.29, 0.717) is 28.6 Å². The van der Waals surface area contributed by atoms with E-state index < -0.39 is 0 Å². The summed E-state index contributed by atoms with van der Waals surface area (Å²) in [5.41, 5.74) is 1.59. The van der Waals surface area contributed by atoms with Gasteiger partial charge in [0.1, 0.15) is 11.4 Å². The van der Waals surface area contributed by atoms with Crippen molar-refractivity contribution in [2.24, 2.45) is 0 Å². The maximum Gasteiger partial charge on any atom is 0.266 e. The zero-order chi connectivity index (χ0) is 16.1. The predicted octanol–water partition coefficient (Wildman–Crippen LogP) is 3.38. The normalized spacial score (nSPS) is 9.95. The lowest BCUT2D eigenvalue weighted by atomic mass is 10.1. The van der Waals surface area contributed by atoms with Crippen molar-refractivity contribution in [3.05, 3.63) is 47.7 Å². The minimum absolute atomic E-state index is 0.0781. The van der Waals surface area contributed by atoms with Gasteiger partial charge in [-0.05, 0) is 44.3 Å². The molecular weight excluding hydrogens is 300 g/mol. The highest BCUT2D eigenvalue weighted by atomic mass is 32.1. The highest BCUT2D eigenvalue weighted by Crippen LogP contribution is 2.25. The average molecular weight is 316 g/mol. The molecule has 0 aliphatic rings. The molecule has 0 aliphatic carbocycles. The number of aromatic nitrogens is 1. The smallest absolute Gasteiger partial charge is 0.266 e. The second-order valence-electron chi connectivity index (χ2n) is 4.56. The molecule has 0 radical (unpaired) electrons. The number of pyridine rings is 1. The molecule has 0 unspecified atom stereocenters. The molecule has 22 heavy (non-hydrogen) atoms. The van der Waals surface area contributed by atoms with Crippen LogP contribution in [0.3, 0.4) is 0 Å². The van der Waals surface area contributed by atoms with Crippen molar-refractivity contribution in [3.8, 4) is 11.6 Å². The van der Waals surface area contributed by atoms with Crippen LogP contribution in [0.1, 0.15) is 23.0 Å². The van der Waals surface area contributed by atoms with Crippen LogP contribution in [0.25, 0.3) is 0 Å². The highest BCUT2D eigenvalue weighted by molar-refractivity contribution is 7.80. The number of benzene rings is 1. The van der Waals surface area contributed by atoms with Crippen LogP contribution < -0.4 is 14.8 Å². The monoisotopic (exact) mass is 316 g/mol. The van der Waals surface area contributed by atoms with Crippen LogP contribution >= 0.6 is 12.2 Å². The molecule has 0 aliphatic heterocycles. The molecule has 2 aromatic rings. The molecule has 1 aromatic carbocycles. The summed E-state index contributed by atoms with van der Waals surface area (Å²) in [5, 5.41) is 3.05. The van der Waals surface area contributed by atoms with Gasteiger partial charge in [0.15, 0.2) is 5.78 Å². The van der Waals surface area contributed by atoms with E-state index in [0.717, 1.165) is 0 Å². The number of ether oxygens (including phenoxy) is 2. The summed E-state index contributed by atoms with van der Waals surface area (Å²) >= 11 is 5.17. The summed E-state index contributed by atoms with van der Waals surface area (Å²) in [5.74, 6) is 0.887.